The maximum Gasteiger partial charge on any atom is 0.287 e. The number of hydrogen-bond donors (Lipinski definition) is 2. The lowest BCUT2D eigenvalue weighted by atomic mass is 10.2. The van der Waals surface area contributed by atoms with Gasteiger partial charge in [-0.25, -0.2) is 4.98 Å². The number of amides is 2. The van der Waals surface area contributed by atoms with Crippen molar-refractivity contribution in [3.8, 4) is 0 Å². The van der Waals surface area contributed by atoms with Crippen LogP contribution >= 0.6 is 0 Å². The van der Waals surface area contributed by atoms with Gasteiger partial charge in [0.1, 0.15) is 0 Å². The Labute approximate surface area is 136 Å². The van der Waals surface area contributed by atoms with E-state index in [1.165, 1.54) is 0 Å². The molecule has 0 aliphatic carbocycles. The summed E-state index contributed by atoms with van der Waals surface area (Å²) >= 11 is 0. The van der Waals surface area contributed by atoms with Gasteiger partial charge in [-0.3, -0.25) is 14.0 Å². The van der Waals surface area contributed by atoms with Crippen molar-refractivity contribution in [1.82, 2.24) is 20.0 Å². The zero-order valence-corrected chi connectivity index (χ0v) is 14.1. The van der Waals surface area contributed by atoms with Crippen molar-refractivity contribution < 1.29 is 9.59 Å². The van der Waals surface area contributed by atoms with Crippen molar-refractivity contribution in [3.05, 3.63) is 35.9 Å². The van der Waals surface area contributed by atoms with Crippen molar-refractivity contribution in [2.24, 2.45) is 5.92 Å². The van der Waals surface area contributed by atoms with Crippen LogP contribution in [0.15, 0.2) is 24.4 Å². The lowest BCUT2D eigenvalue weighted by Gasteiger charge is -2.10. The summed E-state index contributed by atoms with van der Waals surface area (Å²) in [4.78, 5) is 29.1. The second-order valence-corrected chi connectivity index (χ2v) is 6.13. The quantitative estimate of drug-likeness (QED) is 0.858. The highest BCUT2D eigenvalue weighted by Crippen LogP contribution is 2.13. The summed E-state index contributed by atoms with van der Waals surface area (Å²) in [5.41, 5.74) is 0.906. The van der Waals surface area contributed by atoms with E-state index in [-0.39, 0.29) is 29.4 Å². The van der Waals surface area contributed by atoms with Crippen LogP contribution in [-0.4, -0.2) is 33.8 Å². The third kappa shape index (κ3) is 3.88. The average Bonchev–Trinajstić information content (AvgIpc) is 2.92. The molecule has 0 radical (unpaired) electrons. The molecule has 124 valence electrons. The summed E-state index contributed by atoms with van der Waals surface area (Å²) in [6.07, 6.45) is 2.57. The van der Waals surface area contributed by atoms with Crippen LogP contribution in [0.1, 0.15) is 55.2 Å². The standard InChI is InChI=1S/C17H24N4O2/c1-5-12(4)19-17(23)15-20-14(16(22)18-10-11(2)3)13-8-6-7-9-21(13)15/h6-9,11-12H,5,10H2,1-4H3,(H,18,22)(H,19,23). The van der Waals surface area contributed by atoms with E-state index < -0.39 is 0 Å². The van der Waals surface area contributed by atoms with Crippen LogP contribution in [0.25, 0.3) is 5.52 Å². The minimum Gasteiger partial charge on any atom is -0.350 e. The van der Waals surface area contributed by atoms with E-state index in [9.17, 15) is 9.59 Å². The number of rotatable bonds is 6. The maximum atomic E-state index is 12.4. The highest BCUT2D eigenvalue weighted by Gasteiger charge is 2.21. The highest BCUT2D eigenvalue weighted by atomic mass is 16.2. The Morgan fingerprint density at radius 3 is 2.61 bits per heavy atom. The van der Waals surface area contributed by atoms with E-state index in [0.717, 1.165) is 6.42 Å². The molecule has 0 aliphatic rings. The largest absolute Gasteiger partial charge is 0.350 e. The SMILES string of the molecule is CCC(C)NC(=O)c1nc(C(=O)NCC(C)C)c2ccccn12. The third-order valence-corrected chi connectivity index (χ3v) is 3.63. The third-order valence-electron chi connectivity index (χ3n) is 3.63. The Kier molecular flexibility index (Phi) is 5.36. The minimum atomic E-state index is -0.275. The van der Waals surface area contributed by atoms with E-state index in [1.54, 1.807) is 16.7 Å². The van der Waals surface area contributed by atoms with Gasteiger partial charge in [0.25, 0.3) is 11.8 Å². The molecule has 0 bridgehead atoms. The first-order valence-corrected chi connectivity index (χ1v) is 8.00. The first-order chi connectivity index (χ1) is 10.9. The molecule has 0 fully saturated rings. The van der Waals surface area contributed by atoms with Crippen LogP contribution in [-0.2, 0) is 0 Å². The van der Waals surface area contributed by atoms with Gasteiger partial charge in [0.05, 0.1) is 5.52 Å². The molecule has 0 aliphatic heterocycles. The van der Waals surface area contributed by atoms with Crippen molar-refractivity contribution in [2.75, 3.05) is 6.54 Å². The molecule has 0 spiro atoms. The first-order valence-electron chi connectivity index (χ1n) is 8.00. The van der Waals surface area contributed by atoms with Gasteiger partial charge in [-0.1, -0.05) is 26.8 Å². The number of fused-ring (bicyclic) bond motifs is 1. The first kappa shape index (κ1) is 17.0. The molecule has 2 rings (SSSR count). The number of imidazole rings is 1. The number of carbonyl (C=O) groups is 2. The lowest BCUT2D eigenvalue weighted by molar-refractivity contribution is 0.0928. The zero-order valence-electron chi connectivity index (χ0n) is 14.1. The Balaban J connectivity index is 2.36. The highest BCUT2D eigenvalue weighted by molar-refractivity contribution is 6.02. The number of nitrogens with one attached hydrogen (secondary N) is 2. The summed E-state index contributed by atoms with van der Waals surface area (Å²) in [5, 5.41) is 5.73. The smallest absolute Gasteiger partial charge is 0.287 e. The summed E-state index contributed by atoms with van der Waals surface area (Å²) in [5.74, 6) is 0.0463. The number of pyridine rings is 1. The van der Waals surface area contributed by atoms with Crippen molar-refractivity contribution in [3.63, 3.8) is 0 Å². The summed E-state index contributed by atoms with van der Waals surface area (Å²) in [6, 6.07) is 5.48. The second-order valence-electron chi connectivity index (χ2n) is 6.13. The van der Waals surface area contributed by atoms with Gasteiger partial charge in [0, 0.05) is 18.8 Å². The van der Waals surface area contributed by atoms with Crippen LogP contribution in [0.2, 0.25) is 0 Å². The Morgan fingerprint density at radius 1 is 1.22 bits per heavy atom. The van der Waals surface area contributed by atoms with E-state index >= 15 is 0 Å². The normalized spacial score (nSPS) is 12.4. The van der Waals surface area contributed by atoms with Crippen LogP contribution < -0.4 is 10.6 Å². The van der Waals surface area contributed by atoms with Gasteiger partial charge < -0.3 is 10.6 Å². The van der Waals surface area contributed by atoms with Crippen LogP contribution in [0, 0.1) is 5.92 Å². The summed E-state index contributed by atoms with van der Waals surface area (Å²) < 4.78 is 1.65. The van der Waals surface area contributed by atoms with E-state index in [2.05, 4.69) is 15.6 Å². The molecular formula is C17H24N4O2. The minimum absolute atomic E-state index is 0.0526. The van der Waals surface area contributed by atoms with Crippen LogP contribution in [0.4, 0.5) is 0 Å². The number of nitrogens with zero attached hydrogens (tertiary/aromatic N) is 2. The Bertz CT molecular complexity index is 706. The molecular weight excluding hydrogens is 292 g/mol. The Hall–Kier alpha value is -2.37. The molecule has 0 aromatic carbocycles. The van der Waals surface area contributed by atoms with Gasteiger partial charge in [0.15, 0.2) is 5.69 Å². The van der Waals surface area contributed by atoms with Crippen molar-refractivity contribution in [1.29, 1.82) is 0 Å². The fourth-order valence-corrected chi connectivity index (χ4v) is 2.14. The van der Waals surface area contributed by atoms with Gasteiger partial charge in [-0.2, -0.15) is 0 Å². The average molecular weight is 316 g/mol. The van der Waals surface area contributed by atoms with Crippen molar-refractivity contribution in [2.45, 2.75) is 40.2 Å². The second kappa shape index (κ2) is 7.26. The lowest BCUT2D eigenvalue weighted by Crippen LogP contribution is -2.33. The molecule has 0 saturated carbocycles. The molecule has 2 N–H and O–H groups in total. The summed E-state index contributed by atoms with van der Waals surface area (Å²) in [7, 11) is 0. The molecule has 6 nitrogen and oxygen atoms in total. The maximum absolute atomic E-state index is 12.4. The monoisotopic (exact) mass is 316 g/mol. The van der Waals surface area contributed by atoms with Gasteiger partial charge in [-0.15, -0.1) is 0 Å². The van der Waals surface area contributed by atoms with E-state index in [4.69, 9.17) is 0 Å². The molecule has 2 heterocycles. The van der Waals surface area contributed by atoms with Crippen molar-refractivity contribution >= 4 is 17.3 Å². The number of carbonyl (C=O) groups excluding carboxylic acids is 2. The number of aromatic nitrogens is 2. The predicted molar refractivity (Wildman–Crippen MR) is 89.6 cm³/mol. The Morgan fingerprint density at radius 2 is 1.96 bits per heavy atom. The fourth-order valence-electron chi connectivity index (χ4n) is 2.14. The molecule has 2 aromatic rings. The van der Waals surface area contributed by atoms with Gasteiger partial charge >= 0.3 is 0 Å². The fraction of sp³-hybridized carbons (Fsp3) is 0.471. The molecule has 1 unspecified atom stereocenters. The molecule has 2 aromatic heterocycles. The number of hydrogen-bond acceptors (Lipinski definition) is 3. The van der Waals surface area contributed by atoms with Crippen LogP contribution in [0.5, 0.6) is 0 Å². The van der Waals surface area contributed by atoms with E-state index in [0.29, 0.717) is 18.0 Å². The van der Waals surface area contributed by atoms with Crippen LogP contribution in [0.3, 0.4) is 0 Å². The summed E-state index contributed by atoms with van der Waals surface area (Å²) in [6.45, 7) is 8.55. The predicted octanol–water partition coefficient (Wildman–Crippen LogP) is 2.25. The molecule has 2 amide bonds. The zero-order chi connectivity index (χ0) is 17.0. The molecule has 0 saturated heterocycles. The van der Waals surface area contributed by atoms with Gasteiger partial charge in [0.2, 0.25) is 5.82 Å². The topological polar surface area (TPSA) is 75.5 Å². The molecule has 1 atom stereocenters. The van der Waals surface area contributed by atoms with E-state index in [1.807, 2.05) is 39.8 Å². The van der Waals surface area contributed by atoms with Gasteiger partial charge in [-0.05, 0) is 31.4 Å². The molecule has 6 heteroatoms. The molecule has 23 heavy (non-hydrogen) atoms.